The Hall–Kier alpha value is -2.31. The van der Waals surface area contributed by atoms with Gasteiger partial charge in [0.05, 0.1) is 18.8 Å². The molecule has 1 heterocycles. The lowest BCUT2D eigenvalue weighted by atomic mass is 10.1. The third-order valence-corrected chi connectivity index (χ3v) is 6.35. The first-order chi connectivity index (χ1) is 13.8. The van der Waals surface area contributed by atoms with Crippen molar-refractivity contribution in [3.8, 4) is 0 Å². The second-order valence-electron chi connectivity index (χ2n) is 7.72. The molecule has 2 aromatic carbocycles. The number of benzene rings is 2. The van der Waals surface area contributed by atoms with Gasteiger partial charge in [-0.05, 0) is 50.6 Å². The highest BCUT2D eigenvalue weighted by Crippen LogP contribution is 2.37. The molecule has 2 amide bonds. The number of carbonyl (C=O) groups excluding carboxylic acids is 2. The van der Waals surface area contributed by atoms with Gasteiger partial charge in [0.15, 0.2) is 0 Å². The molecule has 0 bridgehead atoms. The number of nitrogens with zero attached hydrogens (tertiary/aromatic N) is 2. The zero-order chi connectivity index (χ0) is 21.0. The van der Waals surface area contributed by atoms with Crippen LogP contribution in [0.25, 0.3) is 0 Å². The fraction of sp³-hybridized carbons (Fsp3) is 0.391. The average Bonchev–Trinajstić information content (AvgIpc) is 2.82. The van der Waals surface area contributed by atoms with Gasteiger partial charge in [0.1, 0.15) is 0 Å². The van der Waals surface area contributed by atoms with Crippen molar-refractivity contribution in [3.63, 3.8) is 0 Å². The van der Waals surface area contributed by atoms with Gasteiger partial charge in [0, 0.05) is 22.4 Å². The van der Waals surface area contributed by atoms with E-state index in [0.717, 1.165) is 33.8 Å². The maximum absolute atomic E-state index is 13.0. The third-order valence-electron chi connectivity index (χ3n) is 5.11. The van der Waals surface area contributed by atoms with Gasteiger partial charge < -0.3 is 10.2 Å². The highest BCUT2D eigenvalue weighted by atomic mass is 32.2. The predicted octanol–water partition coefficient (Wildman–Crippen LogP) is 4.09. The van der Waals surface area contributed by atoms with E-state index in [1.54, 1.807) is 4.90 Å². The van der Waals surface area contributed by atoms with E-state index in [1.807, 2.05) is 74.0 Å². The molecule has 1 N–H and O–H groups in total. The van der Waals surface area contributed by atoms with Crippen molar-refractivity contribution >= 4 is 35.0 Å². The summed E-state index contributed by atoms with van der Waals surface area (Å²) in [4.78, 5) is 30.3. The summed E-state index contributed by atoms with van der Waals surface area (Å²) in [6.45, 7) is 7.22. The van der Waals surface area contributed by atoms with E-state index < -0.39 is 0 Å². The van der Waals surface area contributed by atoms with Crippen LogP contribution in [0.15, 0.2) is 47.4 Å². The number of nitrogens with one attached hydrogen (secondary N) is 1. The Kier molecular flexibility index (Phi) is 6.98. The quantitative estimate of drug-likeness (QED) is 0.805. The molecule has 0 saturated heterocycles. The summed E-state index contributed by atoms with van der Waals surface area (Å²) in [5.41, 5.74) is 3.89. The number of likely N-dealkylation sites (N-methyl/N-ethyl adjacent to an activating group) is 1. The van der Waals surface area contributed by atoms with Crippen molar-refractivity contribution in [2.75, 3.05) is 36.9 Å². The summed E-state index contributed by atoms with van der Waals surface area (Å²) in [5, 5.41) is 3.45. The molecule has 0 spiro atoms. The Morgan fingerprint density at radius 1 is 1.10 bits per heavy atom. The van der Waals surface area contributed by atoms with Gasteiger partial charge in [0.25, 0.3) is 0 Å². The second-order valence-corrected chi connectivity index (χ2v) is 9.20. The van der Waals surface area contributed by atoms with Crippen LogP contribution < -0.4 is 10.2 Å². The van der Waals surface area contributed by atoms with Gasteiger partial charge >= 0.3 is 0 Å². The van der Waals surface area contributed by atoms with Gasteiger partial charge in [-0.15, -0.1) is 11.8 Å². The van der Waals surface area contributed by atoms with Crippen molar-refractivity contribution < 1.29 is 9.59 Å². The summed E-state index contributed by atoms with van der Waals surface area (Å²) >= 11 is 1.82. The summed E-state index contributed by atoms with van der Waals surface area (Å²) in [5.74, 6) is -0.0901. The van der Waals surface area contributed by atoms with Crippen molar-refractivity contribution in [2.24, 2.45) is 0 Å². The van der Waals surface area contributed by atoms with Crippen LogP contribution in [0.2, 0.25) is 0 Å². The molecular weight excluding hydrogens is 382 g/mol. The molecule has 1 aliphatic rings. The van der Waals surface area contributed by atoms with E-state index in [1.165, 1.54) is 0 Å². The Bertz CT molecular complexity index is 879. The molecule has 1 atom stereocenters. The standard InChI is InChI=1S/C23H29N3O2S/c1-16-8-7-9-17(2)23(16)24-21(27)14-25(4)15-22(28)26-13-12-18(3)29-20-11-6-5-10-19(20)26/h5-11,18H,12-15H2,1-4H3,(H,24,27). The molecule has 0 fully saturated rings. The number of fused-ring (bicyclic) bond motifs is 1. The first-order valence-corrected chi connectivity index (χ1v) is 10.8. The first kappa shape index (κ1) is 21.4. The third kappa shape index (κ3) is 5.40. The molecule has 0 aromatic heterocycles. The number of hydrogen-bond donors (Lipinski definition) is 1. The zero-order valence-corrected chi connectivity index (χ0v) is 18.4. The molecule has 5 nitrogen and oxygen atoms in total. The van der Waals surface area contributed by atoms with Crippen LogP contribution in [0.4, 0.5) is 11.4 Å². The van der Waals surface area contributed by atoms with Crippen LogP contribution in [0.1, 0.15) is 24.5 Å². The number of rotatable bonds is 5. The fourth-order valence-electron chi connectivity index (χ4n) is 3.55. The number of carbonyl (C=O) groups is 2. The molecule has 0 aliphatic carbocycles. The van der Waals surface area contributed by atoms with Gasteiger partial charge in [0.2, 0.25) is 11.8 Å². The van der Waals surface area contributed by atoms with E-state index in [0.29, 0.717) is 11.8 Å². The van der Waals surface area contributed by atoms with Crippen LogP contribution in [0.3, 0.4) is 0 Å². The first-order valence-electron chi connectivity index (χ1n) is 9.96. The fourth-order valence-corrected chi connectivity index (χ4v) is 4.67. The van der Waals surface area contributed by atoms with Crippen molar-refractivity contribution in [1.82, 2.24) is 4.90 Å². The molecule has 1 unspecified atom stereocenters. The Labute approximate surface area is 177 Å². The molecular formula is C23H29N3O2S. The van der Waals surface area contributed by atoms with Crippen LogP contribution in [-0.2, 0) is 9.59 Å². The highest BCUT2D eigenvalue weighted by molar-refractivity contribution is 8.00. The van der Waals surface area contributed by atoms with Crippen LogP contribution in [0.5, 0.6) is 0 Å². The average molecular weight is 412 g/mol. The summed E-state index contributed by atoms with van der Waals surface area (Å²) < 4.78 is 0. The summed E-state index contributed by atoms with van der Waals surface area (Å²) in [6.07, 6.45) is 0.946. The minimum atomic E-state index is -0.113. The van der Waals surface area contributed by atoms with Crippen molar-refractivity contribution in [1.29, 1.82) is 0 Å². The lowest BCUT2D eigenvalue weighted by Crippen LogP contribution is -2.42. The normalized spacial score (nSPS) is 16.3. The molecule has 1 aliphatic heterocycles. The van der Waals surface area contributed by atoms with Gasteiger partial charge in [-0.2, -0.15) is 0 Å². The topological polar surface area (TPSA) is 52.7 Å². The molecule has 0 saturated carbocycles. The lowest BCUT2D eigenvalue weighted by molar-refractivity contribution is -0.121. The van der Waals surface area contributed by atoms with E-state index in [4.69, 9.17) is 0 Å². The molecule has 6 heteroatoms. The summed E-state index contributed by atoms with van der Waals surface area (Å²) in [7, 11) is 1.81. The van der Waals surface area contributed by atoms with Gasteiger partial charge in [-0.1, -0.05) is 37.3 Å². The van der Waals surface area contributed by atoms with Crippen LogP contribution >= 0.6 is 11.8 Å². The number of amides is 2. The minimum absolute atomic E-state index is 0.0227. The molecule has 29 heavy (non-hydrogen) atoms. The van der Waals surface area contributed by atoms with E-state index in [-0.39, 0.29) is 24.9 Å². The number of thioether (sulfide) groups is 1. The molecule has 154 valence electrons. The van der Waals surface area contributed by atoms with E-state index in [2.05, 4.69) is 18.3 Å². The Morgan fingerprint density at radius 2 is 1.79 bits per heavy atom. The Morgan fingerprint density at radius 3 is 2.52 bits per heavy atom. The SMILES string of the molecule is Cc1cccc(C)c1NC(=O)CN(C)CC(=O)N1CCC(C)Sc2ccccc21. The molecule has 3 rings (SSSR count). The van der Waals surface area contributed by atoms with Gasteiger partial charge in [-0.25, -0.2) is 0 Å². The summed E-state index contributed by atoms with van der Waals surface area (Å²) in [6, 6.07) is 14.0. The van der Waals surface area contributed by atoms with E-state index in [9.17, 15) is 9.59 Å². The minimum Gasteiger partial charge on any atom is -0.324 e. The monoisotopic (exact) mass is 411 g/mol. The number of para-hydroxylation sites is 2. The van der Waals surface area contributed by atoms with Gasteiger partial charge in [-0.3, -0.25) is 14.5 Å². The number of hydrogen-bond acceptors (Lipinski definition) is 4. The second kappa shape index (κ2) is 9.46. The number of anilines is 2. The van der Waals surface area contributed by atoms with Crippen molar-refractivity contribution in [2.45, 2.75) is 37.3 Å². The van der Waals surface area contributed by atoms with Crippen molar-refractivity contribution in [3.05, 3.63) is 53.6 Å². The van der Waals surface area contributed by atoms with E-state index >= 15 is 0 Å². The Balaban J connectivity index is 1.62. The largest absolute Gasteiger partial charge is 0.324 e. The smallest absolute Gasteiger partial charge is 0.241 e. The van der Waals surface area contributed by atoms with Crippen LogP contribution in [-0.4, -0.2) is 48.6 Å². The lowest BCUT2D eigenvalue weighted by Gasteiger charge is -2.25. The molecule has 0 radical (unpaired) electrons. The zero-order valence-electron chi connectivity index (χ0n) is 17.6. The predicted molar refractivity (Wildman–Crippen MR) is 121 cm³/mol. The maximum atomic E-state index is 13.0. The highest BCUT2D eigenvalue weighted by Gasteiger charge is 2.25. The maximum Gasteiger partial charge on any atom is 0.241 e. The van der Waals surface area contributed by atoms with Crippen LogP contribution in [0, 0.1) is 13.8 Å². The number of aryl methyl sites for hydroxylation is 2. The molecule has 2 aromatic rings.